The van der Waals surface area contributed by atoms with Crippen molar-refractivity contribution in [3.8, 4) is 5.75 Å². The number of nitrogens with zero attached hydrogens (tertiary/aromatic N) is 1. The average molecular weight is 386 g/mol. The number of ether oxygens (including phenoxy) is 1. The third kappa shape index (κ3) is 2.53. The van der Waals surface area contributed by atoms with Gasteiger partial charge in [-0.1, -0.05) is 24.3 Å². The number of para-hydroxylation sites is 1. The van der Waals surface area contributed by atoms with Crippen molar-refractivity contribution >= 4 is 27.6 Å². The first kappa shape index (κ1) is 15.4. The summed E-state index contributed by atoms with van der Waals surface area (Å²) < 4.78 is 6.95. The number of carbonyl (C=O) groups excluding carboxylic acids is 2. The Morgan fingerprint density at radius 2 is 1.88 bits per heavy atom. The van der Waals surface area contributed by atoms with Gasteiger partial charge in [-0.15, -0.1) is 0 Å². The Morgan fingerprint density at radius 3 is 2.71 bits per heavy atom. The van der Waals surface area contributed by atoms with E-state index in [1.54, 1.807) is 17.0 Å². The first-order valence-corrected chi connectivity index (χ1v) is 8.72. The van der Waals surface area contributed by atoms with Gasteiger partial charge in [-0.05, 0) is 40.2 Å². The number of likely N-dealkylation sites (tertiary alicyclic amines) is 1. The highest BCUT2D eigenvalue weighted by Crippen LogP contribution is 2.39. The number of halogens is 1. The number of Topliss-reactive ketones (excluding diaryl/α,β-unsaturated/α-hetero) is 1. The van der Waals surface area contributed by atoms with Gasteiger partial charge < -0.3 is 9.64 Å². The molecule has 2 aliphatic rings. The molecule has 1 unspecified atom stereocenters. The molecule has 0 saturated carbocycles. The van der Waals surface area contributed by atoms with Crippen LogP contribution in [0.25, 0.3) is 0 Å². The van der Waals surface area contributed by atoms with E-state index in [0.29, 0.717) is 42.8 Å². The summed E-state index contributed by atoms with van der Waals surface area (Å²) in [4.78, 5) is 27.0. The van der Waals surface area contributed by atoms with E-state index in [1.165, 1.54) is 0 Å². The van der Waals surface area contributed by atoms with Gasteiger partial charge in [0.2, 0.25) is 0 Å². The predicted molar refractivity (Wildman–Crippen MR) is 93.4 cm³/mol. The van der Waals surface area contributed by atoms with Gasteiger partial charge in [0, 0.05) is 17.4 Å². The van der Waals surface area contributed by atoms with Crippen molar-refractivity contribution in [3.05, 3.63) is 64.1 Å². The Morgan fingerprint density at radius 1 is 1.12 bits per heavy atom. The van der Waals surface area contributed by atoms with Gasteiger partial charge in [-0.3, -0.25) is 9.59 Å². The van der Waals surface area contributed by atoms with Gasteiger partial charge in [0.05, 0.1) is 24.1 Å². The second-order valence-electron chi connectivity index (χ2n) is 6.34. The maximum Gasteiger partial charge on any atom is 0.255 e. The van der Waals surface area contributed by atoms with Gasteiger partial charge in [-0.25, -0.2) is 0 Å². The van der Waals surface area contributed by atoms with Crippen LogP contribution in [-0.4, -0.2) is 35.3 Å². The van der Waals surface area contributed by atoms with Crippen molar-refractivity contribution in [2.24, 2.45) is 0 Å². The van der Waals surface area contributed by atoms with Crippen LogP contribution < -0.4 is 4.74 Å². The standard InChI is InChI=1S/C19H16BrNO3/c20-15-7-3-1-5-13(15)18(23)21-10-9-19(12-21)11-16(22)14-6-2-4-8-17(14)24-19/h1-8H,9-12H2. The molecule has 0 aliphatic carbocycles. The molecule has 4 rings (SSSR count). The quantitative estimate of drug-likeness (QED) is 0.751. The first-order valence-electron chi connectivity index (χ1n) is 7.93. The predicted octanol–water partition coefficient (Wildman–Crippen LogP) is 3.70. The zero-order chi connectivity index (χ0) is 16.7. The smallest absolute Gasteiger partial charge is 0.255 e. The van der Waals surface area contributed by atoms with E-state index in [0.717, 1.165) is 4.47 Å². The third-order valence-electron chi connectivity index (χ3n) is 4.70. The average Bonchev–Trinajstić information content (AvgIpc) is 2.98. The number of fused-ring (bicyclic) bond motifs is 1. The van der Waals surface area contributed by atoms with Gasteiger partial charge in [0.1, 0.15) is 11.4 Å². The lowest BCUT2D eigenvalue weighted by Gasteiger charge is -2.34. The summed E-state index contributed by atoms with van der Waals surface area (Å²) in [6.45, 7) is 1.03. The second-order valence-corrected chi connectivity index (χ2v) is 7.19. The molecule has 1 amide bonds. The van der Waals surface area contributed by atoms with Crippen LogP contribution in [0.15, 0.2) is 53.0 Å². The minimum Gasteiger partial charge on any atom is -0.484 e. The fourth-order valence-electron chi connectivity index (χ4n) is 3.49. The summed E-state index contributed by atoms with van der Waals surface area (Å²) in [7, 11) is 0. The normalized spacial score (nSPS) is 22.4. The maximum absolute atomic E-state index is 12.8. The van der Waals surface area contributed by atoms with E-state index in [4.69, 9.17) is 4.74 Å². The molecule has 4 nitrogen and oxygen atoms in total. The van der Waals surface area contributed by atoms with E-state index >= 15 is 0 Å². The van der Waals surface area contributed by atoms with E-state index in [9.17, 15) is 9.59 Å². The number of rotatable bonds is 1. The van der Waals surface area contributed by atoms with Crippen molar-refractivity contribution in [3.63, 3.8) is 0 Å². The third-order valence-corrected chi connectivity index (χ3v) is 5.40. The minimum absolute atomic E-state index is 0.0331. The van der Waals surface area contributed by atoms with Crippen molar-refractivity contribution < 1.29 is 14.3 Å². The van der Waals surface area contributed by atoms with Crippen molar-refractivity contribution in [2.75, 3.05) is 13.1 Å². The first-order chi connectivity index (χ1) is 11.6. The molecule has 2 heterocycles. The number of benzene rings is 2. The van der Waals surface area contributed by atoms with Crippen LogP contribution in [0.4, 0.5) is 0 Å². The van der Waals surface area contributed by atoms with E-state index in [1.807, 2.05) is 36.4 Å². The lowest BCUT2D eigenvalue weighted by molar-refractivity contribution is 0.0428. The molecular weight excluding hydrogens is 370 g/mol. The van der Waals surface area contributed by atoms with Gasteiger partial charge >= 0.3 is 0 Å². The molecule has 0 aromatic heterocycles. The highest BCUT2D eigenvalue weighted by atomic mass is 79.9. The van der Waals surface area contributed by atoms with Gasteiger partial charge in [0.25, 0.3) is 5.91 Å². The molecule has 1 fully saturated rings. The zero-order valence-electron chi connectivity index (χ0n) is 13.0. The number of hydrogen-bond acceptors (Lipinski definition) is 3. The van der Waals surface area contributed by atoms with E-state index < -0.39 is 5.60 Å². The van der Waals surface area contributed by atoms with Crippen LogP contribution in [0.2, 0.25) is 0 Å². The Kier molecular flexibility index (Phi) is 3.68. The molecule has 1 atom stereocenters. The monoisotopic (exact) mass is 385 g/mol. The van der Waals surface area contributed by atoms with Crippen LogP contribution >= 0.6 is 15.9 Å². The fourth-order valence-corrected chi connectivity index (χ4v) is 3.95. The Bertz CT molecular complexity index is 835. The van der Waals surface area contributed by atoms with Gasteiger partial charge in [-0.2, -0.15) is 0 Å². The number of hydrogen-bond donors (Lipinski definition) is 0. The van der Waals surface area contributed by atoms with Crippen molar-refractivity contribution in [1.29, 1.82) is 0 Å². The van der Waals surface area contributed by atoms with Crippen molar-refractivity contribution in [1.82, 2.24) is 4.90 Å². The van der Waals surface area contributed by atoms with Gasteiger partial charge in [0.15, 0.2) is 5.78 Å². The summed E-state index contributed by atoms with van der Waals surface area (Å²) in [6.07, 6.45) is 0.993. The van der Waals surface area contributed by atoms with Crippen molar-refractivity contribution in [2.45, 2.75) is 18.4 Å². The maximum atomic E-state index is 12.8. The summed E-state index contributed by atoms with van der Waals surface area (Å²) in [5, 5.41) is 0. The lowest BCUT2D eigenvalue weighted by Crippen LogP contribution is -2.45. The molecule has 24 heavy (non-hydrogen) atoms. The molecule has 122 valence electrons. The molecular formula is C19H16BrNO3. The Labute approximate surface area is 148 Å². The number of amides is 1. The Balaban J connectivity index is 1.58. The molecule has 2 aromatic carbocycles. The Hall–Kier alpha value is -2.14. The zero-order valence-corrected chi connectivity index (χ0v) is 14.6. The minimum atomic E-state index is -0.595. The van der Waals surface area contributed by atoms with Crippen LogP contribution in [0.3, 0.4) is 0 Å². The topological polar surface area (TPSA) is 46.6 Å². The summed E-state index contributed by atoms with van der Waals surface area (Å²) in [6, 6.07) is 14.7. The molecule has 2 aromatic rings. The molecule has 0 N–H and O–H groups in total. The fraction of sp³-hybridized carbons (Fsp3) is 0.263. The summed E-state index contributed by atoms with van der Waals surface area (Å²) in [5.41, 5.74) is 0.679. The largest absolute Gasteiger partial charge is 0.484 e. The summed E-state index contributed by atoms with van der Waals surface area (Å²) >= 11 is 3.43. The van der Waals surface area contributed by atoms with E-state index in [2.05, 4.69) is 15.9 Å². The van der Waals surface area contributed by atoms with Crippen LogP contribution in [0, 0.1) is 0 Å². The molecule has 1 spiro atoms. The molecule has 0 radical (unpaired) electrons. The number of ketones is 1. The van der Waals surface area contributed by atoms with E-state index in [-0.39, 0.29) is 11.7 Å². The molecule has 1 saturated heterocycles. The van der Waals surface area contributed by atoms with Crippen LogP contribution in [0.1, 0.15) is 33.6 Å². The highest BCUT2D eigenvalue weighted by molar-refractivity contribution is 9.10. The molecule has 0 bridgehead atoms. The number of carbonyl (C=O) groups is 2. The highest BCUT2D eigenvalue weighted by Gasteiger charge is 2.47. The van der Waals surface area contributed by atoms with Crippen LogP contribution in [0.5, 0.6) is 5.75 Å². The van der Waals surface area contributed by atoms with Crippen LogP contribution in [-0.2, 0) is 0 Å². The summed E-state index contributed by atoms with van der Waals surface area (Å²) in [5.74, 6) is 0.685. The molecule has 5 heteroatoms. The molecule has 2 aliphatic heterocycles. The SMILES string of the molecule is O=C1CC2(CCN(C(=O)c3ccccc3Br)C2)Oc2ccccc21. The second kappa shape index (κ2) is 5.74. The lowest BCUT2D eigenvalue weighted by atomic mass is 9.89.